The number of fused-ring (bicyclic) bond motifs is 1. The summed E-state index contributed by atoms with van der Waals surface area (Å²) in [5.74, 6) is 0. The maximum absolute atomic E-state index is 11.9. The van der Waals surface area contributed by atoms with Gasteiger partial charge in [0.2, 0.25) is 0 Å². The van der Waals surface area contributed by atoms with E-state index in [-0.39, 0.29) is 12.1 Å². The van der Waals surface area contributed by atoms with Crippen LogP contribution in [0.25, 0.3) is 10.8 Å². The molecule has 1 saturated carbocycles. The second kappa shape index (κ2) is 7.34. The van der Waals surface area contributed by atoms with Gasteiger partial charge >= 0.3 is 6.09 Å². The molecule has 2 N–H and O–H groups in total. The molecule has 0 aliphatic heterocycles. The first-order valence-corrected chi connectivity index (χ1v) is 9.14. The van der Waals surface area contributed by atoms with Crippen LogP contribution in [0.1, 0.15) is 46.5 Å². The number of rotatable bonds is 3. The first kappa shape index (κ1) is 17.6. The van der Waals surface area contributed by atoms with Crippen LogP contribution in [-0.4, -0.2) is 23.8 Å². The van der Waals surface area contributed by atoms with Gasteiger partial charge in [-0.05, 0) is 57.9 Å². The maximum atomic E-state index is 11.9. The molecule has 2 aromatic rings. The van der Waals surface area contributed by atoms with Crippen molar-refractivity contribution in [3.05, 3.63) is 42.5 Å². The van der Waals surface area contributed by atoms with Crippen molar-refractivity contribution in [2.75, 3.05) is 5.32 Å². The van der Waals surface area contributed by atoms with Crippen molar-refractivity contribution in [2.24, 2.45) is 0 Å². The average Bonchev–Trinajstić information content (AvgIpc) is 2.55. The summed E-state index contributed by atoms with van der Waals surface area (Å²) in [4.78, 5) is 11.9. The molecule has 1 aliphatic carbocycles. The molecule has 0 atom stereocenters. The molecule has 4 nitrogen and oxygen atoms in total. The minimum atomic E-state index is -0.447. The van der Waals surface area contributed by atoms with E-state index >= 15 is 0 Å². The van der Waals surface area contributed by atoms with Crippen molar-refractivity contribution < 1.29 is 9.53 Å². The SMILES string of the molecule is CC(C)(C)OC(=O)NC1CCC(Nc2cccc3ccccc23)CC1. The fraction of sp³-hybridized carbons (Fsp3) is 0.476. The van der Waals surface area contributed by atoms with Crippen molar-refractivity contribution >= 4 is 22.6 Å². The van der Waals surface area contributed by atoms with Crippen LogP contribution < -0.4 is 10.6 Å². The van der Waals surface area contributed by atoms with Gasteiger partial charge in [0.05, 0.1) is 0 Å². The number of benzene rings is 2. The third-order valence-electron chi connectivity index (χ3n) is 4.60. The molecule has 0 heterocycles. The van der Waals surface area contributed by atoms with Gasteiger partial charge in [0.1, 0.15) is 5.60 Å². The zero-order valence-electron chi connectivity index (χ0n) is 15.3. The molecule has 1 amide bonds. The summed E-state index contributed by atoms with van der Waals surface area (Å²) in [5, 5.41) is 9.21. The number of amides is 1. The third kappa shape index (κ3) is 4.88. The van der Waals surface area contributed by atoms with Gasteiger partial charge in [-0.3, -0.25) is 0 Å². The predicted octanol–water partition coefficient (Wildman–Crippen LogP) is 5.09. The lowest BCUT2D eigenvalue weighted by atomic mass is 9.91. The van der Waals surface area contributed by atoms with Crippen LogP contribution in [0.3, 0.4) is 0 Å². The number of hydrogen-bond donors (Lipinski definition) is 2. The van der Waals surface area contributed by atoms with Gasteiger partial charge in [0.15, 0.2) is 0 Å². The number of carbonyl (C=O) groups is 1. The first-order valence-electron chi connectivity index (χ1n) is 9.14. The van der Waals surface area contributed by atoms with Crippen LogP contribution in [0.4, 0.5) is 10.5 Å². The van der Waals surface area contributed by atoms with E-state index in [0.717, 1.165) is 25.7 Å². The van der Waals surface area contributed by atoms with E-state index in [0.29, 0.717) is 6.04 Å². The highest BCUT2D eigenvalue weighted by molar-refractivity contribution is 5.93. The monoisotopic (exact) mass is 340 g/mol. The summed E-state index contributed by atoms with van der Waals surface area (Å²) in [5.41, 5.74) is 0.749. The quantitative estimate of drug-likeness (QED) is 0.818. The lowest BCUT2D eigenvalue weighted by Crippen LogP contribution is -2.42. The lowest BCUT2D eigenvalue weighted by Gasteiger charge is -2.31. The van der Waals surface area contributed by atoms with Crippen LogP contribution in [0, 0.1) is 0 Å². The maximum Gasteiger partial charge on any atom is 0.407 e. The van der Waals surface area contributed by atoms with Crippen LogP contribution in [-0.2, 0) is 4.74 Å². The van der Waals surface area contributed by atoms with Gasteiger partial charge in [0, 0.05) is 23.2 Å². The summed E-state index contributed by atoms with van der Waals surface area (Å²) in [6.07, 6.45) is 3.73. The van der Waals surface area contributed by atoms with Crippen molar-refractivity contribution in [1.82, 2.24) is 5.32 Å². The Morgan fingerprint density at radius 1 is 0.960 bits per heavy atom. The molecule has 2 aromatic carbocycles. The Bertz CT molecular complexity index is 723. The highest BCUT2D eigenvalue weighted by atomic mass is 16.6. The molecular weight excluding hydrogens is 312 g/mol. The van der Waals surface area contributed by atoms with E-state index in [1.54, 1.807) is 0 Å². The average molecular weight is 340 g/mol. The molecule has 1 fully saturated rings. The number of hydrogen-bond acceptors (Lipinski definition) is 3. The normalized spacial score (nSPS) is 20.9. The molecule has 0 aromatic heterocycles. The number of ether oxygens (including phenoxy) is 1. The second-order valence-electron chi connectivity index (χ2n) is 7.87. The second-order valence-corrected chi connectivity index (χ2v) is 7.87. The molecule has 1 aliphatic rings. The van der Waals surface area contributed by atoms with Gasteiger partial charge in [0.25, 0.3) is 0 Å². The third-order valence-corrected chi connectivity index (χ3v) is 4.60. The molecule has 0 unspecified atom stereocenters. The highest BCUT2D eigenvalue weighted by Crippen LogP contribution is 2.27. The Balaban J connectivity index is 1.53. The molecule has 0 spiro atoms. The number of nitrogens with one attached hydrogen (secondary N) is 2. The molecule has 0 bridgehead atoms. The van der Waals surface area contributed by atoms with E-state index in [9.17, 15) is 4.79 Å². The number of anilines is 1. The van der Waals surface area contributed by atoms with Gasteiger partial charge in [-0.1, -0.05) is 36.4 Å². The topological polar surface area (TPSA) is 50.4 Å². The van der Waals surface area contributed by atoms with Gasteiger partial charge < -0.3 is 15.4 Å². The Labute approximate surface area is 149 Å². The van der Waals surface area contributed by atoms with Gasteiger partial charge in [-0.15, -0.1) is 0 Å². The van der Waals surface area contributed by atoms with E-state index < -0.39 is 5.60 Å². The minimum absolute atomic E-state index is 0.209. The lowest BCUT2D eigenvalue weighted by molar-refractivity contribution is 0.0492. The summed E-state index contributed by atoms with van der Waals surface area (Å²) in [6.45, 7) is 5.66. The Morgan fingerprint density at radius 2 is 1.60 bits per heavy atom. The van der Waals surface area contributed by atoms with Crippen LogP contribution in [0.15, 0.2) is 42.5 Å². The van der Waals surface area contributed by atoms with E-state index in [1.807, 2.05) is 20.8 Å². The van der Waals surface area contributed by atoms with Crippen LogP contribution in [0.2, 0.25) is 0 Å². The molecule has 0 saturated heterocycles. The summed E-state index contributed by atoms with van der Waals surface area (Å²) in [6, 6.07) is 15.5. The van der Waals surface area contributed by atoms with Crippen LogP contribution >= 0.6 is 0 Å². The van der Waals surface area contributed by atoms with Crippen molar-refractivity contribution in [3.63, 3.8) is 0 Å². The van der Waals surface area contributed by atoms with Gasteiger partial charge in [-0.2, -0.15) is 0 Å². The fourth-order valence-corrected chi connectivity index (χ4v) is 3.43. The minimum Gasteiger partial charge on any atom is -0.444 e. The zero-order chi connectivity index (χ0) is 17.9. The Hall–Kier alpha value is -2.23. The van der Waals surface area contributed by atoms with Gasteiger partial charge in [-0.25, -0.2) is 4.79 Å². The molecule has 25 heavy (non-hydrogen) atoms. The Kier molecular flexibility index (Phi) is 5.16. The number of carbonyl (C=O) groups excluding carboxylic acids is 1. The summed E-state index contributed by atoms with van der Waals surface area (Å²) in [7, 11) is 0. The van der Waals surface area contributed by atoms with Crippen LogP contribution in [0.5, 0.6) is 0 Å². The standard InChI is InChI=1S/C21H28N2O2/c1-21(2,3)25-20(24)23-17-13-11-16(12-14-17)22-19-10-6-8-15-7-4-5-9-18(15)19/h4-10,16-17,22H,11-14H2,1-3H3,(H,23,24). The largest absolute Gasteiger partial charge is 0.444 e. The fourth-order valence-electron chi connectivity index (χ4n) is 3.43. The predicted molar refractivity (Wildman–Crippen MR) is 103 cm³/mol. The first-order chi connectivity index (χ1) is 11.9. The number of alkyl carbamates (subject to hydrolysis) is 1. The molecular formula is C21H28N2O2. The van der Waals surface area contributed by atoms with E-state index in [2.05, 4.69) is 53.1 Å². The molecule has 0 radical (unpaired) electrons. The summed E-state index contributed by atoms with van der Waals surface area (Å²) < 4.78 is 5.35. The van der Waals surface area contributed by atoms with E-state index in [1.165, 1.54) is 16.5 Å². The zero-order valence-corrected chi connectivity index (χ0v) is 15.3. The molecule has 134 valence electrons. The van der Waals surface area contributed by atoms with Crippen molar-refractivity contribution in [1.29, 1.82) is 0 Å². The van der Waals surface area contributed by atoms with E-state index in [4.69, 9.17) is 4.74 Å². The highest BCUT2D eigenvalue weighted by Gasteiger charge is 2.24. The molecule has 3 rings (SSSR count). The van der Waals surface area contributed by atoms with Crippen molar-refractivity contribution in [3.8, 4) is 0 Å². The Morgan fingerprint density at radius 3 is 2.32 bits per heavy atom. The molecule has 4 heteroatoms. The smallest absolute Gasteiger partial charge is 0.407 e. The summed E-state index contributed by atoms with van der Waals surface area (Å²) >= 11 is 0. The van der Waals surface area contributed by atoms with Crippen molar-refractivity contribution in [2.45, 2.75) is 64.1 Å².